The normalized spacial score (nSPS) is 10.4. The van der Waals surface area contributed by atoms with E-state index in [0.29, 0.717) is 39.6 Å². The summed E-state index contributed by atoms with van der Waals surface area (Å²) in [7, 11) is 0. The third-order valence-electron chi connectivity index (χ3n) is 1.80. The minimum atomic E-state index is -0.818. The van der Waals surface area contributed by atoms with Crippen molar-refractivity contribution in [2.24, 2.45) is 5.73 Å². The Morgan fingerprint density at radius 2 is 1.15 bits per heavy atom. The van der Waals surface area contributed by atoms with Gasteiger partial charge in [0.15, 0.2) is 0 Å². The largest absolute Gasteiger partial charge is 0.447 e. The van der Waals surface area contributed by atoms with Gasteiger partial charge in [0.05, 0.1) is 46.2 Å². The van der Waals surface area contributed by atoms with Crippen LogP contribution in [0.4, 0.5) is 4.79 Å². The van der Waals surface area contributed by atoms with Gasteiger partial charge in [0.1, 0.15) is 13.2 Å². The van der Waals surface area contributed by atoms with E-state index in [4.69, 9.17) is 36.3 Å². The highest BCUT2D eigenvalue weighted by atomic mass is 35.5. The topological polar surface area (TPSA) is 106 Å². The van der Waals surface area contributed by atoms with E-state index in [1.807, 2.05) is 0 Å². The molecule has 0 aromatic carbocycles. The van der Waals surface area contributed by atoms with Crippen molar-refractivity contribution >= 4 is 22.9 Å². The maximum absolute atomic E-state index is 10.3. The Labute approximate surface area is 122 Å². The number of carbonyl (C=O) groups excluding carboxylic acids is 2. The molecular formula is C11H20ClNO7. The van der Waals surface area contributed by atoms with E-state index in [2.05, 4.69) is 4.74 Å². The molecule has 0 radical (unpaired) electrons. The number of amides is 1. The zero-order valence-corrected chi connectivity index (χ0v) is 11.9. The van der Waals surface area contributed by atoms with Crippen LogP contribution in [0.5, 0.6) is 0 Å². The maximum atomic E-state index is 10.3. The highest BCUT2D eigenvalue weighted by Gasteiger charge is 1.96. The van der Waals surface area contributed by atoms with Crippen molar-refractivity contribution in [1.82, 2.24) is 0 Å². The summed E-state index contributed by atoms with van der Waals surface area (Å²) in [6.45, 7) is 2.62. The summed E-state index contributed by atoms with van der Waals surface area (Å²) in [6, 6.07) is 0. The van der Waals surface area contributed by atoms with E-state index in [1.54, 1.807) is 0 Å². The van der Waals surface area contributed by atoms with Gasteiger partial charge in [-0.2, -0.15) is 0 Å². The lowest BCUT2D eigenvalue weighted by Crippen LogP contribution is -2.17. The molecule has 0 aliphatic heterocycles. The second kappa shape index (κ2) is 14.5. The smallest absolute Gasteiger partial charge is 0.404 e. The molecule has 0 aromatic rings. The first-order valence-corrected chi connectivity index (χ1v) is 6.42. The van der Waals surface area contributed by atoms with E-state index < -0.39 is 11.3 Å². The van der Waals surface area contributed by atoms with Crippen LogP contribution in [0.2, 0.25) is 0 Å². The summed E-state index contributed by atoms with van der Waals surface area (Å²) in [4.78, 5) is 20.5. The molecule has 0 bridgehead atoms. The van der Waals surface area contributed by atoms with Gasteiger partial charge in [-0.25, -0.2) is 4.79 Å². The molecule has 9 heteroatoms. The molecule has 0 saturated carbocycles. The minimum Gasteiger partial charge on any atom is -0.447 e. The summed E-state index contributed by atoms with van der Waals surface area (Å²) < 4.78 is 24.8. The number of hydrogen-bond acceptors (Lipinski definition) is 7. The van der Waals surface area contributed by atoms with Crippen LogP contribution in [-0.4, -0.2) is 70.8 Å². The van der Waals surface area contributed by atoms with Gasteiger partial charge in [-0.1, -0.05) is 0 Å². The number of ether oxygens (including phenoxy) is 5. The fraction of sp³-hybridized carbons (Fsp3) is 0.818. The van der Waals surface area contributed by atoms with Crippen molar-refractivity contribution in [3.05, 3.63) is 0 Å². The van der Waals surface area contributed by atoms with Gasteiger partial charge in [0.25, 0.3) is 0 Å². The van der Waals surface area contributed by atoms with E-state index in [-0.39, 0.29) is 19.8 Å². The highest BCUT2D eigenvalue weighted by Crippen LogP contribution is 1.85. The lowest BCUT2D eigenvalue weighted by molar-refractivity contribution is -0.116. The Hall–Kier alpha value is -0.930. The molecule has 0 aromatic heterocycles. The van der Waals surface area contributed by atoms with Crippen LogP contribution < -0.4 is 5.73 Å². The van der Waals surface area contributed by atoms with Crippen LogP contribution in [0, 0.1) is 0 Å². The first-order valence-electron chi connectivity index (χ1n) is 6.04. The number of halogens is 1. The van der Waals surface area contributed by atoms with Gasteiger partial charge in [-0.15, -0.1) is 0 Å². The van der Waals surface area contributed by atoms with Crippen LogP contribution in [0.15, 0.2) is 0 Å². The van der Waals surface area contributed by atoms with E-state index >= 15 is 0 Å². The Morgan fingerprint density at radius 1 is 0.750 bits per heavy atom. The molecule has 8 nitrogen and oxygen atoms in total. The summed E-state index contributed by atoms with van der Waals surface area (Å²) in [5.41, 5.74) is 4.76. The Morgan fingerprint density at radius 3 is 1.55 bits per heavy atom. The van der Waals surface area contributed by atoms with Gasteiger partial charge >= 0.3 is 6.09 Å². The zero-order chi connectivity index (χ0) is 15.1. The van der Waals surface area contributed by atoms with Gasteiger partial charge in [-0.05, 0) is 11.6 Å². The molecule has 0 saturated heterocycles. The average molecular weight is 314 g/mol. The summed E-state index contributed by atoms with van der Waals surface area (Å²) >= 11 is 5.07. The Bertz CT molecular complexity index is 239. The molecule has 0 aliphatic rings. The monoisotopic (exact) mass is 313 g/mol. The van der Waals surface area contributed by atoms with E-state index in [9.17, 15) is 9.59 Å². The van der Waals surface area contributed by atoms with Crippen LogP contribution in [-0.2, 0) is 28.5 Å². The molecule has 0 fully saturated rings. The highest BCUT2D eigenvalue weighted by molar-refractivity contribution is 6.63. The molecule has 2 N–H and O–H groups in total. The van der Waals surface area contributed by atoms with Crippen molar-refractivity contribution in [3.8, 4) is 0 Å². The summed E-state index contributed by atoms with van der Waals surface area (Å²) in [5, 5.41) is -0.533. The number of carbonyl (C=O) groups is 2. The third-order valence-corrected chi connectivity index (χ3v) is 1.91. The first-order chi connectivity index (χ1) is 9.63. The lowest BCUT2D eigenvalue weighted by Gasteiger charge is -2.07. The Kier molecular flexibility index (Phi) is 13.8. The maximum Gasteiger partial charge on any atom is 0.404 e. The number of rotatable bonds is 14. The third kappa shape index (κ3) is 17.1. The second-order valence-electron chi connectivity index (χ2n) is 3.41. The first kappa shape index (κ1) is 19.1. The number of primary amides is 1. The van der Waals surface area contributed by atoms with Gasteiger partial charge in [0.2, 0.25) is 5.24 Å². The average Bonchev–Trinajstić information content (AvgIpc) is 2.38. The van der Waals surface area contributed by atoms with Gasteiger partial charge < -0.3 is 29.4 Å². The van der Waals surface area contributed by atoms with Crippen LogP contribution in [0.3, 0.4) is 0 Å². The molecule has 0 rings (SSSR count). The molecular weight excluding hydrogens is 294 g/mol. The standard InChI is InChI=1S/C11H20ClNO7/c12-10(14)9-19-6-5-17-2-1-16-3-4-18-7-8-20-11(13)15/h1-9H2,(H2,13,15). The fourth-order valence-corrected chi connectivity index (χ4v) is 1.09. The van der Waals surface area contributed by atoms with E-state index in [0.717, 1.165) is 0 Å². The minimum absolute atomic E-state index is 0.113. The summed E-state index contributed by atoms with van der Waals surface area (Å²) in [5.74, 6) is 0. The quantitative estimate of drug-likeness (QED) is 0.353. The van der Waals surface area contributed by atoms with Gasteiger partial charge in [-0.3, -0.25) is 4.79 Å². The molecule has 0 atom stereocenters. The molecule has 118 valence electrons. The predicted octanol–water partition coefficient (Wildman–Crippen LogP) is -0.0865. The number of hydrogen-bond donors (Lipinski definition) is 1. The van der Waals surface area contributed by atoms with Crippen LogP contribution in [0.25, 0.3) is 0 Å². The van der Waals surface area contributed by atoms with Crippen molar-refractivity contribution in [3.63, 3.8) is 0 Å². The Balaban J connectivity index is 2.99. The molecule has 0 unspecified atom stereocenters. The van der Waals surface area contributed by atoms with Crippen molar-refractivity contribution in [2.45, 2.75) is 0 Å². The summed E-state index contributed by atoms with van der Waals surface area (Å²) in [6.07, 6.45) is -0.818. The molecule has 0 heterocycles. The molecule has 1 amide bonds. The number of nitrogens with two attached hydrogens (primary N) is 1. The predicted molar refractivity (Wildman–Crippen MR) is 69.7 cm³/mol. The van der Waals surface area contributed by atoms with Crippen molar-refractivity contribution < 1.29 is 33.3 Å². The van der Waals surface area contributed by atoms with E-state index in [1.165, 1.54) is 0 Å². The van der Waals surface area contributed by atoms with Crippen molar-refractivity contribution in [1.29, 1.82) is 0 Å². The molecule has 20 heavy (non-hydrogen) atoms. The fourth-order valence-electron chi connectivity index (χ4n) is 1.01. The molecule has 0 aliphatic carbocycles. The molecule has 0 spiro atoms. The van der Waals surface area contributed by atoms with Gasteiger partial charge in [0, 0.05) is 0 Å². The SMILES string of the molecule is NC(=O)OCCOCCOCCOCCOCC(=O)Cl. The second-order valence-corrected chi connectivity index (χ2v) is 3.83. The van der Waals surface area contributed by atoms with Crippen LogP contribution in [0.1, 0.15) is 0 Å². The van der Waals surface area contributed by atoms with Crippen LogP contribution >= 0.6 is 11.6 Å². The van der Waals surface area contributed by atoms with Crippen molar-refractivity contribution in [2.75, 3.05) is 59.5 Å². The lowest BCUT2D eigenvalue weighted by atomic mass is 10.7. The zero-order valence-electron chi connectivity index (χ0n) is 11.2.